The highest BCUT2D eigenvalue weighted by Crippen LogP contribution is 2.28. The largest absolute Gasteiger partial charge is 0.366 e. The second-order valence-electron chi connectivity index (χ2n) is 5.23. The Kier molecular flexibility index (Phi) is 4.23. The van der Waals surface area contributed by atoms with Crippen molar-refractivity contribution < 1.29 is 4.39 Å². The van der Waals surface area contributed by atoms with Crippen LogP contribution in [0.2, 0.25) is 0 Å². The van der Waals surface area contributed by atoms with E-state index in [0.29, 0.717) is 12.1 Å². The van der Waals surface area contributed by atoms with Gasteiger partial charge in [-0.2, -0.15) is 0 Å². The lowest BCUT2D eigenvalue weighted by molar-refractivity contribution is 0.371. The third-order valence-corrected chi connectivity index (χ3v) is 3.85. The van der Waals surface area contributed by atoms with Crippen molar-refractivity contribution in [1.82, 2.24) is 5.32 Å². The number of nitrogens with one attached hydrogen (secondary N) is 1. The van der Waals surface area contributed by atoms with E-state index in [4.69, 9.17) is 0 Å². The Balaban J connectivity index is 2.13. The smallest absolute Gasteiger partial charge is 0.149 e. The van der Waals surface area contributed by atoms with Gasteiger partial charge in [0.1, 0.15) is 5.82 Å². The van der Waals surface area contributed by atoms with Crippen LogP contribution in [0.15, 0.2) is 18.2 Å². The van der Waals surface area contributed by atoms with Crippen LogP contribution in [-0.2, 0) is 0 Å². The summed E-state index contributed by atoms with van der Waals surface area (Å²) in [5, 5.41) is 3.49. The van der Waals surface area contributed by atoms with Gasteiger partial charge in [0.05, 0.1) is 5.69 Å². The van der Waals surface area contributed by atoms with E-state index in [9.17, 15) is 4.39 Å². The van der Waals surface area contributed by atoms with Gasteiger partial charge in [-0.3, -0.25) is 0 Å². The minimum atomic E-state index is -0.0637. The molecule has 2 atom stereocenters. The van der Waals surface area contributed by atoms with E-state index >= 15 is 0 Å². The van der Waals surface area contributed by atoms with Gasteiger partial charge in [0.15, 0.2) is 0 Å². The summed E-state index contributed by atoms with van der Waals surface area (Å²) >= 11 is 0. The first-order valence-electron chi connectivity index (χ1n) is 6.88. The van der Waals surface area contributed by atoms with Gasteiger partial charge in [-0.15, -0.1) is 0 Å². The molecule has 0 spiro atoms. The molecule has 1 heterocycles. The fourth-order valence-electron chi connectivity index (χ4n) is 2.86. The summed E-state index contributed by atoms with van der Waals surface area (Å²) in [6.07, 6.45) is 2.17. The molecule has 1 fully saturated rings. The number of benzene rings is 1. The average molecular weight is 250 g/mol. The lowest BCUT2D eigenvalue weighted by Gasteiger charge is -2.39. The lowest BCUT2D eigenvalue weighted by atomic mass is 9.97. The Morgan fingerprint density at radius 3 is 2.89 bits per heavy atom. The van der Waals surface area contributed by atoms with Gasteiger partial charge in [-0.25, -0.2) is 4.39 Å². The summed E-state index contributed by atoms with van der Waals surface area (Å²) in [4.78, 5) is 2.20. The van der Waals surface area contributed by atoms with Gasteiger partial charge in [0.25, 0.3) is 0 Å². The fraction of sp³-hybridized carbons (Fsp3) is 0.600. The van der Waals surface area contributed by atoms with Gasteiger partial charge in [-0.1, -0.05) is 19.1 Å². The third-order valence-electron chi connectivity index (χ3n) is 3.85. The number of aryl methyl sites for hydroxylation is 1. The highest BCUT2D eigenvalue weighted by molar-refractivity contribution is 5.51. The first-order chi connectivity index (χ1) is 8.63. The molecular formula is C15H23FN2. The number of hydrogen-bond acceptors (Lipinski definition) is 2. The van der Waals surface area contributed by atoms with Crippen LogP contribution in [0.5, 0.6) is 0 Å². The molecule has 2 unspecified atom stereocenters. The van der Waals surface area contributed by atoms with E-state index in [1.807, 2.05) is 25.1 Å². The van der Waals surface area contributed by atoms with E-state index in [2.05, 4.69) is 24.1 Å². The van der Waals surface area contributed by atoms with Crippen LogP contribution in [-0.4, -0.2) is 25.2 Å². The summed E-state index contributed by atoms with van der Waals surface area (Å²) in [6, 6.07) is 6.63. The van der Waals surface area contributed by atoms with Crippen LogP contribution < -0.4 is 10.2 Å². The van der Waals surface area contributed by atoms with Gasteiger partial charge < -0.3 is 10.2 Å². The summed E-state index contributed by atoms with van der Waals surface area (Å²) in [7, 11) is 0. The van der Waals surface area contributed by atoms with Crippen LogP contribution in [0.3, 0.4) is 0 Å². The molecule has 1 aliphatic rings. The van der Waals surface area contributed by atoms with Crippen molar-refractivity contribution in [2.45, 2.75) is 45.7 Å². The Morgan fingerprint density at radius 2 is 2.22 bits per heavy atom. The van der Waals surface area contributed by atoms with E-state index in [0.717, 1.165) is 37.2 Å². The minimum absolute atomic E-state index is 0.0637. The molecule has 2 rings (SSSR count). The SMILES string of the molecule is CCNC1CCN(c2cccc(C)c2F)C(C)C1. The highest BCUT2D eigenvalue weighted by Gasteiger charge is 2.26. The van der Waals surface area contributed by atoms with Gasteiger partial charge in [-0.05, 0) is 44.9 Å². The molecule has 1 aromatic rings. The predicted octanol–water partition coefficient (Wildman–Crippen LogP) is 3.10. The zero-order valence-corrected chi connectivity index (χ0v) is 11.5. The number of rotatable bonds is 3. The third kappa shape index (κ3) is 2.66. The van der Waals surface area contributed by atoms with Crippen LogP contribution in [0, 0.1) is 12.7 Å². The summed E-state index contributed by atoms with van der Waals surface area (Å²) in [5.41, 5.74) is 1.49. The molecule has 1 aromatic carbocycles. The van der Waals surface area contributed by atoms with E-state index in [-0.39, 0.29) is 5.82 Å². The molecule has 1 saturated heterocycles. The van der Waals surface area contributed by atoms with Crippen molar-refractivity contribution in [3.63, 3.8) is 0 Å². The standard InChI is InChI=1S/C15H23FN2/c1-4-17-13-8-9-18(12(3)10-13)14-7-5-6-11(2)15(14)16/h5-7,12-13,17H,4,8-10H2,1-3H3. The van der Waals surface area contributed by atoms with Gasteiger partial charge >= 0.3 is 0 Å². The van der Waals surface area contributed by atoms with Gasteiger partial charge in [0, 0.05) is 18.6 Å². The molecule has 1 aliphatic heterocycles. The van der Waals surface area contributed by atoms with E-state index in [1.165, 1.54) is 0 Å². The molecule has 0 bridgehead atoms. The molecule has 0 radical (unpaired) electrons. The predicted molar refractivity (Wildman–Crippen MR) is 74.6 cm³/mol. The van der Waals surface area contributed by atoms with Gasteiger partial charge in [0.2, 0.25) is 0 Å². The van der Waals surface area contributed by atoms with Crippen LogP contribution in [0.25, 0.3) is 0 Å². The molecule has 0 aliphatic carbocycles. The quantitative estimate of drug-likeness (QED) is 0.886. The molecular weight excluding hydrogens is 227 g/mol. The van der Waals surface area contributed by atoms with Crippen LogP contribution >= 0.6 is 0 Å². The molecule has 1 N–H and O–H groups in total. The number of anilines is 1. The van der Waals surface area contributed by atoms with E-state index in [1.54, 1.807) is 0 Å². The van der Waals surface area contributed by atoms with Crippen molar-refractivity contribution in [1.29, 1.82) is 0 Å². The van der Waals surface area contributed by atoms with Crippen molar-refractivity contribution >= 4 is 5.69 Å². The lowest BCUT2D eigenvalue weighted by Crippen LogP contribution is -2.47. The molecule has 0 amide bonds. The van der Waals surface area contributed by atoms with Crippen LogP contribution in [0.1, 0.15) is 32.3 Å². The maximum atomic E-state index is 14.1. The topological polar surface area (TPSA) is 15.3 Å². The Hall–Kier alpha value is -1.09. The highest BCUT2D eigenvalue weighted by atomic mass is 19.1. The normalized spacial score (nSPS) is 24.3. The van der Waals surface area contributed by atoms with Crippen molar-refractivity contribution in [3.8, 4) is 0 Å². The molecule has 2 nitrogen and oxygen atoms in total. The second-order valence-corrected chi connectivity index (χ2v) is 5.23. The maximum absolute atomic E-state index is 14.1. The van der Waals surface area contributed by atoms with Crippen molar-refractivity contribution in [2.75, 3.05) is 18.0 Å². The Bertz CT molecular complexity index is 405. The summed E-state index contributed by atoms with van der Waals surface area (Å²) in [5.74, 6) is -0.0637. The molecule has 100 valence electrons. The minimum Gasteiger partial charge on any atom is -0.366 e. The molecule has 18 heavy (non-hydrogen) atoms. The second kappa shape index (κ2) is 5.70. The summed E-state index contributed by atoms with van der Waals surface area (Å²) < 4.78 is 14.1. The Labute approximate surface area is 109 Å². The summed E-state index contributed by atoms with van der Waals surface area (Å²) in [6.45, 7) is 8.09. The number of nitrogens with zero attached hydrogens (tertiary/aromatic N) is 1. The number of halogens is 1. The van der Waals surface area contributed by atoms with Crippen molar-refractivity contribution in [2.24, 2.45) is 0 Å². The Morgan fingerprint density at radius 1 is 1.44 bits per heavy atom. The molecule has 3 heteroatoms. The fourth-order valence-corrected chi connectivity index (χ4v) is 2.86. The maximum Gasteiger partial charge on any atom is 0.149 e. The monoisotopic (exact) mass is 250 g/mol. The first-order valence-corrected chi connectivity index (χ1v) is 6.88. The molecule has 0 aromatic heterocycles. The van der Waals surface area contributed by atoms with E-state index < -0.39 is 0 Å². The number of hydrogen-bond donors (Lipinski definition) is 1. The molecule has 0 saturated carbocycles. The zero-order chi connectivity index (χ0) is 13.1. The van der Waals surface area contributed by atoms with Crippen molar-refractivity contribution in [3.05, 3.63) is 29.6 Å². The first kappa shape index (κ1) is 13.3. The zero-order valence-electron chi connectivity index (χ0n) is 11.5. The number of piperidine rings is 1. The van der Waals surface area contributed by atoms with Crippen LogP contribution in [0.4, 0.5) is 10.1 Å². The average Bonchev–Trinajstić information content (AvgIpc) is 2.34.